The van der Waals surface area contributed by atoms with Gasteiger partial charge >= 0.3 is 20.6 Å². The molecule has 0 aliphatic rings. The Labute approximate surface area is 109 Å². The summed E-state index contributed by atoms with van der Waals surface area (Å²) in [6.07, 6.45) is 0. The summed E-state index contributed by atoms with van der Waals surface area (Å²) in [7, 11) is -6.33. The summed E-state index contributed by atoms with van der Waals surface area (Å²) < 4.78 is 93.9. The summed E-state index contributed by atoms with van der Waals surface area (Å²) >= 11 is -0.982. The Kier molecular flexibility index (Phi) is 4.18. The lowest BCUT2D eigenvalue weighted by molar-refractivity contribution is -0.0947. The number of halogens is 5. The van der Waals surface area contributed by atoms with Gasteiger partial charge in [0.05, 0.1) is 0 Å². The predicted molar refractivity (Wildman–Crippen MR) is 58.4 cm³/mol. The van der Waals surface area contributed by atoms with Crippen LogP contribution in [0.4, 0.5) is 22.0 Å². The highest BCUT2D eigenvalue weighted by Gasteiger charge is 2.66. The molecule has 1 rings (SSSR count). The molecule has 0 atom stereocenters. The highest BCUT2D eigenvalue weighted by Crippen LogP contribution is 2.49. The van der Waals surface area contributed by atoms with Crippen molar-refractivity contribution in [3.8, 4) is 0 Å². The van der Waals surface area contributed by atoms with Gasteiger partial charge in [0.25, 0.3) is 0 Å². The Morgan fingerprint density at radius 3 is 2.16 bits per heavy atom. The summed E-state index contributed by atoms with van der Waals surface area (Å²) in [5, 5.41) is -11.0. The van der Waals surface area contributed by atoms with Crippen LogP contribution in [0.5, 0.6) is 0 Å². The van der Waals surface area contributed by atoms with Crippen molar-refractivity contribution < 1.29 is 34.9 Å². The number of thioether (sulfide) groups is 1. The first-order chi connectivity index (χ1) is 8.38. The van der Waals surface area contributed by atoms with Gasteiger partial charge in [-0.3, -0.25) is 4.55 Å². The Bertz CT molecular complexity index is 586. The van der Waals surface area contributed by atoms with Gasteiger partial charge in [-0.15, -0.1) is 0 Å². The second kappa shape index (κ2) is 4.91. The van der Waals surface area contributed by atoms with E-state index in [0.717, 1.165) is 12.1 Å². The third-order valence-corrected chi connectivity index (χ3v) is 4.09. The van der Waals surface area contributed by atoms with E-state index in [-0.39, 0.29) is 0 Å². The fourth-order valence-electron chi connectivity index (χ4n) is 1.04. The van der Waals surface area contributed by atoms with Crippen molar-refractivity contribution in [2.45, 2.75) is 22.3 Å². The second-order valence-corrected chi connectivity index (χ2v) is 6.16. The third-order valence-electron chi connectivity index (χ3n) is 1.99. The molecular weight excluding hydrogens is 315 g/mol. The minimum absolute atomic E-state index is 0.367. The van der Waals surface area contributed by atoms with Gasteiger partial charge < -0.3 is 0 Å². The molecule has 3 nitrogen and oxygen atoms in total. The third kappa shape index (κ3) is 3.18. The first-order valence-electron chi connectivity index (χ1n) is 4.56. The van der Waals surface area contributed by atoms with Crippen molar-refractivity contribution >= 4 is 21.9 Å². The van der Waals surface area contributed by atoms with Gasteiger partial charge in [-0.1, -0.05) is 6.07 Å². The fraction of sp³-hybridized carbons (Fsp3) is 0.333. The molecule has 0 heterocycles. The Morgan fingerprint density at radius 2 is 1.74 bits per heavy atom. The summed E-state index contributed by atoms with van der Waals surface area (Å²) in [6.45, 7) is 1.45. The normalized spacial score (nSPS) is 13.6. The van der Waals surface area contributed by atoms with E-state index in [0.29, 0.717) is 5.56 Å². The molecule has 0 spiro atoms. The van der Waals surface area contributed by atoms with Crippen molar-refractivity contribution in [1.29, 1.82) is 0 Å². The maximum Gasteiger partial charge on any atom is 0.442 e. The standard InChI is InChI=1S/C9H7F5O3S2/c1-5-2-3-7(6(10)4-5)18-8(11,12)9(13,14)19(15,16)17/h2-4H,1H3,(H,15,16,17). The fourth-order valence-corrected chi connectivity index (χ4v) is 2.47. The summed E-state index contributed by atoms with van der Waals surface area (Å²) in [4.78, 5) is -0.862. The van der Waals surface area contributed by atoms with E-state index < -0.39 is 43.1 Å². The average molecular weight is 322 g/mol. The van der Waals surface area contributed by atoms with Gasteiger partial charge in [0.1, 0.15) is 5.82 Å². The molecule has 0 radical (unpaired) electrons. The minimum atomic E-state index is -6.33. The van der Waals surface area contributed by atoms with Crippen LogP contribution in [-0.2, 0) is 10.1 Å². The molecule has 0 unspecified atom stereocenters. The van der Waals surface area contributed by atoms with Gasteiger partial charge in [0, 0.05) is 4.90 Å². The number of hydrogen-bond acceptors (Lipinski definition) is 3. The topological polar surface area (TPSA) is 54.4 Å². The largest absolute Gasteiger partial charge is 0.442 e. The van der Waals surface area contributed by atoms with Crippen LogP contribution in [0.1, 0.15) is 5.56 Å². The predicted octanol–water partition coefficient (Wildman–Crippen LogP) is 3.30. The molecule has 0 amide bonds. The van der Waals surface area contributed by atoms with Gasteiger partial charge in [-0.2, -0.15) is 26.0 Å². The summed E-state index contributed by atoms with van der Waals surface area (Å²) in [5.41, 5.74) is 0.367. The molecular formula is C9H7F5O3S2. The Hall–Kier alpha value is -0.870. The van der Waals surface area contributed by atoms with Crippen LogP contribution >= 0.6 is 11.8 Å². The first kappa shape index (κ1) is 16.2. The lowest BCUT2D eigenvalue weighted by Crippen LogP contribution is -2.44. The van der Waals surface area contributed by atoms with E-state index in [1.165, 1.54) is 13.0 Å². The number of hydrogen-bond donors (Lipinski definition) is 1. The highest BCUT2D eigenvalue weighted by atomic mass is 32.2. The van der Waals surface area contributed by atoms with E-state index in [1.807, 2.05) is 0 Å². The molecule has 108 valence electrons. The zero-order chi connectivity index (χ0) is 15.1. The molecule has 0 aliphatic heterocycles. The van der Waals surface area contributed by atoms with Gasteiger partial charge in [0.2, 0.25) is 0 Å². The maximum atomic E-state index is 13.3. The number of alkyl halides is 4. The highest BCUT2D eigenvalue weighted by molar-refractivity contribution is 8.01. The van der Waals surface area contributed by atoms with Crippen LogP contribution < -0.4 is 0 Å². The SMILES string of the molecule is Cc1ccc(SC(F)(F)C(F)(F)S(=O)(=O)O)c(F)c1. The Morgan fingerprint density at radius 1 is 1.21 bits per heavy atom. The molecule has 10 heteroatoms. The lowest BCUT2D eigenvalue weighted by Gasteiger charge is -2.23. The second-order valence-electron chi connectivity index (χ2n) is 3.54. The van der Waals surface area contributed by atoms with Crippen molar-refractivity contribution in [2.75, 3.05) is 0 Å². The van der Waals surface area contributed by atoms with E-state index in [1.54, 1.807) is 0 Å². The van der Waals surface area contributed by atoms with E-state index in [4.69, 9.17) is 4.55 Å². The minimum Gasteiger partial charge on any atom is -0.281 e. The number of rotatable bonds is 4. The van der Waals surface area contributed by atoms with Gasteiger partial charge in [0.15, 0.2) is 0 Å². The molecule has 19 heavy (non-hydrogen) atoms. The average Bonchev–Trinajstić information content (AvgIpc) is 2.20. The first-order valence-corrected chi connectivity index (χ1v) is 6.82. The monoisotopic (exact) mass is 322 g/mol. The molecule has 1 aromatic rings. The molecule has 1 aromatic carbocycles. The van der Waals surface area contributed by atoms with Crippen LogP contribution in [0.25, 0.3) is 0 Å². The Balaban J connectivity index is 3.16. The number of aryl methyl sites for hydroxylation is 1. The van der Waals surface area contributed by atoms with Crippen LogP contribution in [0.2, 0.25) is 0 Å². The molecule has 0 saturated heterocycles. The smallest absolute Gasteiger partial charge is 0.281 e. The summed E-state index contributed by atoms with van der Waals surface area (Å²) in [5.74, 6) is -1.20. The van der Waals surface area contributed by atoms with E-state index >= 15 is 0 Å². The summed E-state index contributed by atoms with van der Waals surface area (Å²) in [6, 6.07) is 2.82. The van der Waals surface area contributed by atoms with Crippen molar-refractivity contribution in [3.05, 3.63) is 29.6 Å². The quantitative estimate of drug-likeness (QED) is 0.525. The molecule has 0 fully saturated rings. The van der Waals surface area contributed by atoms with E-state index in [9.17, 15) is 30.4 Å². The molecule has 0 aromatic heterocycles. The molecule has 1 N–H and O–H groups in total. The van der Waals surface area contributed by atoms with E-state index in [2.05, 4.69) is 0 Å². The van der Waals surface area contributed by atoms with Crippen LogP contribution in [0, 0.1) is 12.7 Å². The van der Waals surface area contributed by atoms with Crippen LogP contribution in [0.15, 0.2) is 23.1 Å². The van der Waals surface area contributed by atoms with Gasteiger partial charge in [-0.25, -0.2) is 4.39 Å². The zero-order valence-corrected chi connectivity index (χ0v) is 10.8. The van der Waals surface area contributed by atoms with Gasteiger partial charge in [-0.05, 0) is 36.4 Å². The molecule has 0 aliphatic carbocycles. The van der Waals surface area contributed by atoms with Crippen molar-refractivity contribution in [1.82, 2.24) is 0 Å². The van der Waals surface area contributed by atoms with Crippen LogP contribution in [-0.4, -0.2) is 23.5 Å². The van der Waals surface area contributed by atoms with Crippen LogP contribution in [0.3, 0.4) is 0 Å². The maximum absolute atomic E-state index is 13.3. The molecule has 0 bridgehead atoms. The van der Waals surface area contributed by atoms with Crippen molar-refractivity contribution in [3.63, 3.8) is 0 Å². The zero-order valence-electron chi connectivity index (χ0n) is 9.20. The number of benzene rings is 1. The molecule has 0 saturated carbocycles. The lowest BCUT2D eigenvalue weighted by atomic mass is 10.2. The van der Waals surface area contributed by atoms with Crippen molar-refractivity contribution in [2.24, 2.45) is 0 Å².